The van der Waals surface area contributed by atoms with E-state index in [-0.39, 0.29) is 10.8 Å². The second kappa shape index (κ2) is 17.6. The standard InChI is InChI=1S/C23H29.C6H4Cl.C6H5.C5H5.CH2.Zr/c1-14-9-16-11-17-10-15(2)21(23(6,7)8)13-19(17)18(16)12-20(14)22(3,4)5;7-6-4-2-1-3-5-6;1-2-4-6-5-3-1;1-2-4-5-3-1;;/h9,12-13H,11H2,1-8H3;1-2,4-5H;1-5H;1-3H,4H2;1H2;/q4*-1;;. The Bertz CT molecular complexity index is 1360. The van der Waals surface area contributed by atoms with Gasteiger partial charge in [0.2, 0.25) is 0 Å². The fourth-order valence-electron chi connectivity index (χ4n) is 5.08. The Kier molecular flexibility index (Phi) is 15.0. The first kappa shape index (κ1) is 36.6. The Morgan fingerprint density at radius 1 is 0.791 bits per heavy atom. The van der Waals surface area contributed by atoms with Gasteiger partial charge >= 0.3 is 28.4 Å². The van der Waals surface area contributed by atoms with Crippen LogP contribution in [0.5, 0.6) is 0 Å². The van der Waals surface area contributed by atoms with Crippen LogP contribution in [-0.4, -0.2) is 4.21 Å². The van der Waals surface area contributed by atoms with Crippen LogP contribution in [0.3, 0.4) is 0 Å². The summed E-state index contributed by atoms with van der Waals surface area (Å²) in [6, 6.07) is 33.5. The molecule has 0 fully saturated rings. The first-order chi connectivity index (χ1) is 20.4. The maximum Gasteiger partial charge on any atom is -0.171 e. The van der Waals surface area contributed by atoms with Crippen LogP contribution in [0.15, 0.2) is 91.0 Å². The van der Waals surface area contributed by atoms with E-state index in [1.807, 2.05) is 60.7 Å². The molecular formula is C41H45ClZr-4. The molecule has 0 spiro atoms. The minimum absolute atomic E-state index is 0.163. The Morgan fingerprint density at radius 3 is 1.81 bits per heavy atom. The van der Waals surface area contributed by atoms with Gasteiger partial charge in [-0.25, -0.2) is 12.2 Å². The molecule has 2 aliphatic carbocycles. The van der Waals surface area contributed by atoms with Crippen LogP contribution in [0.2, 0.25) is 5.02 Å². The molecule has 0 amide bonds. The van der Waals surface area contributed by atoms with Crippen molar-refractivity contribution in [2.24, 2.45) is 0 Å². The van der Waals surface area contributed by atoms with Crippen LogP contribution in [-0.2, 0) is 41.5 Å². The zero-order valence-corrected chi connectivity index (χ0v) is 30.4. The van der Waals surface area contributed by atoms with Crippen LogP contribution in [0.1, 0.15) is 81.3 Å². The summed E-state index contributed by atoms with van der Waals surface area (Å²) in [6.45, 7) is 18.2. The SMILES string of the molecule is Cc1[c-]c2c(cc1C(C)(C)C)-c1cc(C(C)(C)C)c(C)cc1C2.Clc1c[c-]ccc1.[C-]1=CC=CC1.[CH2]=[Zr].[c-]1ccccc1. The molecule has 2 aliphatic rings. The van der Waals surface area contributed by atoms with Gasteiger partial charge in [-0.2, -0.15) is 102 Å². The summed E-state index contributed by atoms with van der Waals surface area (Å²) in [5, 5.41) is 0.738. The minimum Gasteiger partial charge on any atom is -0.184 e. The quantitative estimate of drug-likeness (QED) is 0.145. The van der Waals surface area contributed by atoms with Gasteiger partial charge in [-0.05, 0) is 35.4 Å². The Balaban J connectivity index is 0.000000259. The van der Waals surface area contributed by atoms with Crippen molar-refractivity contribution in [3.63, 3.8) is 0 Å². The van der Waals surface area contributed by atoms with Crippen LogP contribution in [0, 0.1) is 38.1 Å². The smallest absolute Gasteiger partial charge is 0.171 e. The van der Waals surface area contributed by atoms with Gasteiger partial charge in [-0.3, -0.25) is 6.08 Å². The maximum absolute atomic E-state index is 5.51. The van der Waals surface area contributed by atoms with Crippen LogP contribution in [0.25, 0.3) is 11.1 Å². The largest absolute Gasteiger partial charge is 0.184 e. The Labute approximate surface area is 282 Å². The van der Waals surface area contributed by atoms with E-state index in [0.29, 0.717) is 0 Å². The van der Waals surface area contributed by atoms with Gasteiger partial charge in [-0.15, -0.1) is 23.1 Å². The molecule has 0 aliphatic heterocycles. The topological polar surface area (TPSA) is 0 Å². The van der Waals surface area contributed by atoms with Gasteiger partial charge < -0.3 is 0 Å². The molecule has 43 heavy (non-hydrogen) atoms. The third-order valence-electron chi connectivity index (χ3n) is 6.94. The molecule has 4 aromatic carbocycles. The molecule has 2 heteroatoms. The summed E-state index contributed by atoms with van der Waals surface area (Å²) < 4.78 is 3.34. The molecule has 0 nitrogen and oxygen atoms in total. The van der Waals surface area contributed by atoms with Crippen molar-refractivity contribution in [2.75, 3.05) is 0 Å². The van der Waals surface area contributed by atoms with Gasteiger partial charge in [0.15, 0.2) is 0 Å². The number of fused-ring (bicyclic) bond motifs is 3. The average Bonchev–Trinajstić information content (AvgIpc) is 3.66. The maximum atomic E-state index is 5.51. The summed E-state index contributed by atoms with van der Waals surface area (Å²) >= 11 is 6.81. The molecule has 0 unspecified atom stereocenters. The molecular weight excluding hydrogens is 619 g/mol. The molecule has 224 valence electrons. The van der Waals surface area contributed by atoms with E-state index in [2.05, 4.69) is 108 Å². The summed E-state index contributed by atoms with van der Waals surface area (Å²) in [7, 11) is 0. The van der Waals surface area contributed by atoms with Crippen molar-refractivity contribution in [1.29, 1.82) is 0 Å². The third kappa shape index (κ3) is 11.8. The van der Waals surface area contributed by atoms with Crippen molar-refractivity contribution in [2.45, 2.75) is 79.1 Å². The molecule has 0 aromatic heterocycles. The van der Waals surface area contributed by atoms with Crippen LogP contribution in [0.4, 0.5) is 0 Å². The fourth-order valence-corrected chi connectivity index (χ4v) is 5.21. The van der Waals surface area contributed by atoms with Crippen LogP contribution >= 0.6 is 11.6 Å². The molecule has 0 saturated carbocycles. The number of rotatable bonds is 0. The van der Waals surface area contributed by atoms with E-state index in [0.717, 1.165) is 17.9 Å². The summed E-state index contributed by atoms with van der Waals surface area (Å²) in [5.74, 6) is 0. The third-order valence-corrected chi connectivity index (χ3v) is 7.18. The zero-order chi connectivity index (χ0) is 32.0. The predicted octanol–water partition coefficient (Wildman–Crippen LogP) is 11.2. The van der Waals surface area contributed by atoms with Crippen LogP contribution < -0.4 is 0 Å². The molecule has 0 bridgehead atoms. The molecule has 0 atom stereocenters. The summed E-state index contributed by atoms with van der Waals surface area (Å²) in [5.41, 5.74) is 11.6. The number of hydrogen-bond donors (Lipinski definition) is 0. The van der Waals surface area contributed by atoms with Crippen molar-refractivity contribution in [3.05, 3.63) is 154 Å². The fraction of sp³-hybridized carbons (Fsp3) is 0.293. The Hall–Kier alpha value is -2.60. The van der Waals surface area contributed by atoms with Crippen molar-refractivity contribution < 1.29 is 24.2 Å². The van der Waals surface area contributed by atoms with Gasteiger partial charge in [0.05, 0.1) is 0 Å². The van der Waals surface area contributed by atoms with Gasteiger partial charge in [-0.1, -0.05) is 76.6 Å². The molecule has 0 radical (unpaired) electrons. The van der Waals surface area contributed by atoms with E-state index >= 15 is 0 Å². The molecule has 0 heterocycles. The average molecular weight is 664 g/mol. The van der Waals surface area contributed by atoms with Crippen molar-refractivity contribution >= 4 is 15.8 Å². The number of allylic oxidation sites excluding steroid dienone is 4. The number of hydrogen-bond acceptors (Lipinski definition) is 0. The monoisotopic (exact) mass is 662 g/mol. The molecule has 6 rings (SSSR count). The van der Waals surface area contributed by atoms with E-state index in [4.69, 9.17) is 11.6 Å². The predicted molar refractivity (Wildman–Crippen MR) is 185 cm³/mol. The summed E-state index contributed by atoms with van der Waals surface area (Å²) in [6.07, 6.45) is 11.0. The van der Waals surface area contributed by atoms with Gasteiger partial charge in [0.1, 0.15) is 0 Å². The number of aryl methyl sites for hydroxylation is 2. The normalized spacial score (nSPS) is 12.1. The molecule has 0 N–H and O–H groups in total. The zero-order valence-electron chi connectivity index (χ0n) is 27.2. The van der Waals surface area contributed by atoms with E-state index < -0.39 is 0 Å². The second-order valence-corrected chi connectivity index (χ2v) is 12.9. The summed E-state index contributed by atoms with van der Waals surface area (Å²) in [4.78, 5) is 0. The second-order valence-electron chi connectivity index (χ2n) is 12.5. The van der Waals surface area contributed by atoms with E-state index in [1.54, 1.807) is 6.07 Å². The van der Waals surface area contributed by atoms with Gasteiger partial charge in [0, 0.05) is 0 Å². The first-order valence-electron chi connectivity index (χ1n) is 14.7. The first-order valence-corrected chi connectivity index (χ1v) is 16.8. The molecule has 4 aromatic rings. The van der Waals surface area contributed by atoms with Crippen molar-refractivity contribution in [1.82, 2.24) is 0 Å². The van der Waals surface area contributed by atoms with Crippen molar-refractivity contribution in [3.8, 4) is 11.1 Å². The number of benzene rings is 4. The van der Waals surface area contributed by atoms with E-state index in [1.165, 1.54) is 68.7 Å². The minimum atomic E-state index is 0.163. The number of halogens is 1. The van der Waals surface area contributed by atoms with Gasteiger partial charge in [0.25, 0.3) is 0 Å². The molecule has 0 saturated heterocycles. The van der Waals surface area contributed by atoms with E-state index in [9.17, 15) is 0 Å². The Morgan fingerprint density at radius 2 is 1.42 bits per heavy atom.